The second-order valence-electron chi connectivity index (χ2n) is 4.47. The lowest BCUT2D eigenvalue weighted by Gasteiger charge is -2.25. The van der Waals surface area contributed by atoms with E-state index in [1.165, 1.54) is 0 Å². The zero-order chi connectivity index (χ0) is 10.7. The highest BCUT2D eigenvalue weighted by Gasteiger charge is 2.28. The molecular weight excluding hydrogens is 228 g/mol. The van der Waals surface area contributed by atoms with E-state index in [1.807, 2.05) is 11.8 Å². The number of nitrogens with one attached hydrogen (secondary N) is 1. The Hall–Kier alpha value is -0.320. The van der Waals surface area contributed by atoms with Crippen LogP contribution in [0.5, 0.6) is 0 Å². The summed E-state index contributed by atoms with van der Waals surface area (Å²) >= 11 is 0. The summed E-state index contributed by atoms with van der Waals surface area (Å²) in [4.78, 5) is 14.1. The normalized spacial score (nSPS) is 30.7. The van der Waals surface area contributed by atoms with Crippen LogP contribution in [0.1, 0.15) is 26.2 Å². The number of carbonyl (C=O) groups excluding carboxylic acids is 1. The number of rotatable bonds is 1. The first-order valence-corrected chi connectivity index (χ1v) is 5.91. The van der Waals surface area contributed by atoms with Crippen LogP contribution in [-0.4, -0.2) is 49.2 Å². The number of carbonyl (C=O) groups is 1. The van der Waals surface area contributed by atoms with E-state index in [1.54, 1.807) is 0 Å². The van der Waals surface area contributed by atoms with Gasteiger partial charge in [-0.2, -0.15) is 0 Å². The second-order valence-corrected chi connectivity index (χ2v) is 4.47. The molecule has 2 fully saturated rings. The van der Waals surface area contributed by atoms with Crippen molar-refractivity contribution in [1.82, 2.24) is 10.2 Å². The smallest absolute Gasteiger partial charge is 0.239 e. The lowest BCUT2D eigenvalue weighted by Crippen LogP contribution is -2.45. The van der Waals surface area contributed by atoms with Crippen molar-refractivity contribution in [3.63, 3.8) is 0 Å². The largest absolute Gasteiger partial charge is 0.377 e. The van der Waals surface area contributed by atoms with Crippen LogP contribution in [0, 0.1) is 0 Å². The van der Waals surface area contributed by atoms with Crippen molar-refractivity contribution in [2.24, 2.45) is 0 Å². The molecule has 0 spiro atoms. The molecule has 2 heterocycles. The van der Waals surface area contributed by atoms with E-state index in [0.717, 1.165) is 45.5 Å². The summed E-state index contributed by atoms with van der Waals surface area (Å²) in [5.41, 5.74) is 0. The van der Waals surface area contributed by atoms with Crippen molar-refractivity contribution >= 4 is 18.3 Å². The molecular formula is C11H21ClN2O2. The highest BCUT2D eigenvalue weighted by molar-refractivity contribution is 5.85. The van der Waals surface area contributed by atoms with E-state index in [9.17, 15) is 4.79 Å². The van der Waals surface area contributed by atoms with E-state index in [0.29, 0.717) is 0 Å². The van der Waals surface area contributed by atoms with Crippen LogP contribution in [0.15, 0.2) is 0 Å². The lowest BCUT2D eigenvalue weighted by molar-refractivity contribution is -0.133. The van der Waals surface area contributed by atoms with Crippen molar-refractivity contribution in [2.75, 3.05) is 26.2 Å². The average Bonchev–Trinajstić information content (AvgIpc) is 2.67. The highest BCUT2D eigenvalue weighted by Crippen LogP contribution is 2.12. The van der Waals surface area contributed by atoms with Crippen LogP contribution >= 0.6 is 12.4 Å². The number of amides is 1. The van der Waals surface area contributed by atoms with Gasteiger partial charge in [-0.25, -0.2) is 0 Å². The first kappa shape index (κ1) is 13.7. The summed E-state index contributed by atoms with van der Waals surface area (Å²) in [6.45, 7) is 5.39. The summed E-state index contributed by atoms with van der Waals surface area (Å²) in [5, 5.41) is 3.26. The van der Waals surface area contributed by atoms with Gasteiger partial charge in [0.05, 0.1) is 12.1 Å². The van der Waals surface area contributed by atoms with Gasteiger partial charge in [-0.15, -0.1) is 12.4 Å². The number of halogens is 1. The highest BCUT2D eigenvalue weighted by atomic mass is 35.5. The van der Waals surface area contributed by atoms with Crippen LogP contribution in [0.25, 0.3) is 0 Å². The van der Waals surface area contributed by atoms with Crippen molar-refractivity contribution in [2.45, 2.75) is 38.3 Å². The molecule has 16 heavy (non-hydrogen) atoms. The quantitative estimate of drug-likeness (QED) is 0.746. The SMILES string of the molecule is CC1CN(C(=O)C2CCCN2)CCCO1.Cl. The van der Waals surface area contributed by atoms with E-state index in [-0.39, 0.29) is 30.5 Å². The Morgan fingerprint density at radius 3 is 2.94 bits per heavy atom. The summed E-state index contributed by atoms with van der Waals surface area (Å²) in [5.74, 6) is 0.268. The zero-order valence-electron chi connectivity index (χ0n) is 9.78. The van der Waals surface area contributed by atoms with Gasteiger partial charge in [-0.3, -0.25) is 4.79 Å². The molecule has 0 radical (unpaired) electrons. The van der Waals surface area contributed by atoms with Crippen molar-refractivity contribution in [1.29, 1.82) is 0 Å². The molecule has 2 rings (SSSR count). The molecule has 94 valence electrons. The van der Waals surface area contributed by atoms with Gasteiger partial charge in [0.2, 0.25) is 5.91 Å². The van der Waals surface area contributed by atoms with Crippen molar-refractivity contribution in [3.8, 4) is 0 Å². The number of hydrogen-bond acceptors (Lipinski definition) is 3. The molecule has 2 atom stereocenters. The van der Waals surface area contributed by atoms with Gasteiger partial charge in [0.25, 0.3) is 0 Å². The molecule has 0 aromatic heterocycles. The third kappa shape index (κ3) is 3.34. The summed E-state index contributed by atoms with van der Waals surface area (Å²) in [6, 6.07) is 0.0651. The summed E-state index contributed by atoms with van der Waals surface area (Å²) in [7, 11) is 0. The first-order chi connectivity index (χ1) is 7.27. The van der Waals surface area contributed by atoms with Gasteiger partial charge in [-0.1, -0.05) is 0 Å². The van der Waals surface area contributed by atoms with Crippen LogP contribution < -0.4 is 5.32 Å². The lowest BCUT2D eigenvalue weighted by atomic mass is 10.2. The van der Waals surface area contributed by atoms with E-state index in [2.05, 4.69) is 5.32 Å². The van der Waals surface area contributed by atoms with Gasteiger partial charge in [0.1, 0.15) is 0 Å². The minimum atomic E-state index is 0. The monoisotopic (exact) mass is 248 g/mol. The van der Waals surface area contributed by atoms with E-state index in [4.69, 9.17) is 4.74 Å². The van der Waals surface area contributed by atoms with Crippen LogP contribution in [0.3, 0.4) is 0 Å². The second kappa shape index (κ2) is 6.42. The number of ether oxygens (including phenoxy) is 1. The Morgan fingerprint density at radius 2 is 2.25 bits per heavy atom. The molecule has 2 saturated heterocycles. The Bertz CT molecular complexity index is 232. The molecule has 2 aliphatic rings. The minimum Gasteiger partial charge on any atom is -0.377 e. The molecule has 0 aromatic rings. The van der Waals surface area contributed by atoms with E-state index >= 15 is 0 Å². The van der Waals surface area contributed by atoms with Gasteiger partial charge < -0.3 is 15.0 Å². The fraction of sp³-hybridized carbons (Fsp3) is 0.909. The maximum atomic E-state index is 12.1. The van der Waals surface area contributed by atoms with Crippen LogP contribution in [0.4, 0.5) is 0 Å². The molecule has 1 amide bonds. The predicted molar refractivity (Wildman–Crippen MR) is 64.9 cm³/mol. The maximum Gasteiger partial charge on any atom is 0.239 e. The van der Waals surface area contributed by atoms with Gasteiger partial charge in [0, 0.05) is 19.7 Å². The molecule has 0 bridgehead atoms. The number of nitrogens with zero attached hydrogens (tertiary/aromatic N) is 1. The fourth-order valence-corrected chi connectivity index (χ4v) is 2.31. The molecule has 0 aliphatic carbocycles. The molecule has 2 aliphatic heterocycles. The average molecular weight is 249 g/mol. The Balaban J connectivity index is 0.00000128. The van der Waals surface area contributed by atoms with Gasteiger partial charge in [0.15, 0.2) is 0 Å². The third-order valence-electron chi connectivity index (χ3n) is 3.12. The Morgan fingerprint density at radius 1 is 1.44 bits per heavy atom. The van der Waals surface area contributed by atoms with E-state index < -0.39 is 0 Å². The van der Waals surface area contributed by atoms with Crippen molar-refractivity contribution in [3.05, 3.63) is 0 Å². The van der Waals surface area contributed by atoms with Gasteiger partial charge in [-0.05, 0) is 32.7 Å². The molecule has 1 N–H and O–H groups in total. The predicted octanol–water partition coefficient (Wildman–Crippen LogP) is 0.798. The third-order valence-corrected chi connectivity index (χ3v) is 3.12. The summed E-state index contributed by atoms with van der Waals surface area (Å²) in [6.07, 6.45) is 3.25. The minimum absolute atomic E-state index is 0. The van der Waals surface area contributed by atoms with Gasteiger partial charge >= 0.3 is 0 Å². The molecule has 2 unspecified atom stereocenters. The Labute approximate surface area is 103 Å². The standard InChI is InChI=1S/C11H20N2O2.ClH/c1-9-8-13(6-3-7-15-9)11(14)10-4-2-5-12-10;/h9-10,12H,2-8H2,1H3;1H. The van der Waals surface area contributed by atoms with Crippen LogP contribution in [0.2, 0.25) is 0 Å². The molecule has 4 nitrogen and oxygen atoms in total. The maximum absolute atomic E-state index is 12.1. The number of hydrogen-bond donors (Lipinski definition) is 1. The molecule has 5 heteroatoms. The zero-order valence-corrected chi connectivity index (χ0v) is 10.6. The molecule has 0 saturated carbocycles. The summed E-state index contributed by atoms with van der Waals surface area (Å²) < 4.78 is 5.53. The topological polar surface area (TPSA) is 41.6 Å². The fourth-order valence-electron chi connectivity index (χ4n) is 2.31. The molecule has 0 aromatic carbocycles. The Kier molecular flexibility index (Phi) is 5.52. The first-order valence-electron chi connectivity index (χ1n) is 5.91. The van der Waals surface area contributed by atoms with Crippen LogP contribution in [-0.2, 0) is 9.53 Å². The van der Waals surface area contributed by atoms with Crippen molar-refractivity contribution < 1.29 is 9.53 Å².